The molecule has 2 saturated heterocycles. The van der Waals surface area contributed by atoms with Crippen molar-refractivity contribution in [3.05, 3.63) is 94.2 Å². The van der Waals surface area contributed by atoms with E-state index in [1.165, 1.54) is 15.3 Å². The first-order valence-electron chi connectivity index (χ1n) is 11.0. The molecule has 2 amide bonds. The fourth-order valence-electron chi connectivity index (χ4n) is 4.84. The Morgan fingerprint density at radius 1 is 0.938 bits per heavy atom. The molecule has 0 N–H and O–H groups in total. The van der Waals surface area contributed by atoms with Crippen molar-refractivity contribution >= 4 is 23.3 Å². The summed E-state index contributed by atoms with van der Waals surface area (Å²) in [6, 6.07) is 24.2. The molecule has 3 aromatic rings. The summed E-state index contributed by atoms with van der Waals surface area (Å²) in [5.41, 5.74) is 2.33. The van der Waals surface area contributed by atoms with Crippen LogP contribution in [0.15, 0.2) is 78.2 Å². The second kappa shape index (κ2) is 9.27. The van der Waals surface area contributed by atoms with Crippen LogP contribution in [-0.2, 0) is 22.5 Å². The molecule has 3 atom stereocenters. The Bertz CT molecular complexity index is 1060. The smallest absolute Gasteiger partial charge is 0.416 e. The Morgan fingerprint density at radius 3 is 2.34 bits per heavy atom. The summed E-state index contributed by atoms with van der Waals surface area (Å²) in [6.45, 7) is 2.49. The van der Waals surface area contributed by atoms with Crippen LogP contribution < -0.4 is 0 Å². The van der Waals surface area contributed by atoms with Gasteiger partial charge in [-0.25, -0.2) is 9.69 Å². The lowest BCUT2D eigenvalue weighted by Crippen LogP contribution is -2.45. The molecule has 0 unspecified atom stereocenters. The van der Waals surface area contributed by atoms with Crippen LogP contribution in [-0.4, -0.2) is 47.5 Å². The van der Waals surface area contributed by atoms with Crippen LogP contribution >= 0.6 is 11.3 Å². The summed E-state index contributed by atoms with van der Waals surface area (Å²) in [5.74, 6) is -0.291. The van der Waals surface area contributed by atoms with Crippen LogP contribution in [0.5, 0.6) is 0 Å². The highest BCUT2D eigenvalue weighted by Gasteiger charge is 2.46. The number of rotatable bonds is 6. The predicted octanol–water partition coefficient (Wildman–Crippen LogP) is 4.55. The van der Waals surface area contributed by atoms with E-state index in [0.717, 1.165) is 18.7 Å². The molecule has 3 heterocycles. The predicted molar refractivity (Wildman–Crippen MR) is 124 cm³/mol. The minimum absolute atomic E-state index is 0.0805. The lowest BCUT2D eigenvalue weighted by molar-refractivity contribution is -0.133. The maximum Gasteiger partial charge on any atom is 0.416 e. The zero-order valence-corrected chi connectivity index (χ0v) is 18.6. The van der Waals surface area contributed by atoms with Crippen LogP contribution in [0.2, 0.25) is 0 Å². The van der Waals surface area contributed by atoms with Gasteiger partial charge in [-0.2, -0.15) is 0 Å². The molecule has 2 aromatic carbocycles. The van der Waals surface area contributed by atoms with Gasteiger partial charge in [-0.05, 0) is 29.0 Å². The second-order valence-electron chi connectivity index (χ2n) is 8.54. The molecule has 32 heavy (non-hydrogen) atoms. The number of ether oxygens (including phenoxy) is 1. The molecule has 0 aliphatic carbocycles. The number of cyclic esters (lactones) is 1. The van der Waals surface area contributed by atoms with E-state index < -0.39 is 6.09 Å². The average Bonchev–Trinajstić information content (AvgIpc) is 3.55. The molecule has 0 saturated carbocycles. The van der Waals surface area contributed by atoms with E-state index >= 15 is 0 Å². The molecule has 1 aromatic heterocycles. The van der Waals surface area contributed by atoms with Gasteiger partial charge < -0.3 is 4.74 Å². The van der Waals surface area contributed by atoms with Gasteiger partial charge in [-0.1, -0.05) is 66.7 Å². The number of carbonyl (C=O) groups excluding carboxylic acids is 2. The Morgan fingerprint density at radius 2 is 1.66 bits per heavy atom. The molecule has 0 bridgehead atoms. The second-order valence-corrected chi connectivity index (χ2v) is 9.52. The lowest BCUT2D eigenvalue weighted by Gasteiger charge is -2.25. The quantitative estimate of drug-likeness (QED) is 0.557. The number of hydrogen-bond donors (Lipinski definition) is 0. The summed E-state index contributed by atoms with van der Waals surface area (Å²) < 4.78 is 5.33. The summed E-state index contributed by atoms with van der Waals surface area (Å²) >= 11 is 1.68. The molecule has 0 spiro atoms. The number of imide groups is 1. The van der Waals surface area contributed by atoms with E-state index in [0.29, 0.717) is 13.0 Å². The Kier molecular flexibility index (Phi) is 6.06. The normalized spacial score (nSPS) is 23.4. The van der Waals surface area contributed by atoms with Crippen molar-refractivity contribution in [2.24, 2.45) is 5.92 Å². The fraction of sp³-hybridized carbons (Fsp3) is 0.308. The van der Waals surface area contributed by atoms with Gasteiger partial charge in [0.15, 0.2) is 0 Å². The Hall–Kier alpha value is -2.96. The zero-order chi connectivity index (χ0) is 21.9. The third-order valence-corrected chi connectivity index (χ3v) is 7.39. The molecule has 164 valence electrons. The number of amides is 2. The highest BCUT2D eigenvalue weighted by molar-refractivity contribution is 7.10. The van der Waals surface area contributed by atoms with E-state index in [1.54, 1.807) is 11.3 Å². The highest BCUT2D eigenvalue weighted by atomic mass is 32.1. The van der Waals surface area contributed by atoms with Crippen LogP contribution in [0.3, 0.4) is 0 Å². The van der Waals surface area contributed by atoms with Crippen molar-refractivity contribution in [2.75, 3.05) is 19.7 Å². The lowest BCUT2D eigenvalue weighted by atomic mass is 9.92. The van der Waals surface area contributed by atoms with Gasteiger partial charge in [-0.15, -0.1) is 11.3 Å². The van der Waals surface area contributed by atoms with E-state index in [9.17, 15) is 9.59 Å². The number of benzene rings is 2. The maximum atomic E-state index is 13.8. The summed E-state index contributed by atoms with van der Waals surface area (Å²) in [5, 5.41) is 2.05. The number of likely N-dealkylation sites (tertiary alicyclic amines) is 1. The van der Waals surface area contributed by atoms with Crippen molar-refractivity contribution in [1.82, 2.24) is 9.80 Å². The third kappa shape index (κ3) is 4.33. The average molecular weight is 447 g/mol. The molecule has 5 nitrogen and oxygen atoms in total. The van der Waals surface area contributed by atoms with E-state index in [-0.39, 0.29) is 30.4 Å². The molecule has 6 heteroatoms. The summed E-state index contributed by atoms with van der Waals surface area (Å²) in [6.07, 6.45) is 0.102. The van der Waals surface area contributed by atoms with Crippen molar-refractivity contribution in [1.29, 1.82) is 0 Å². The van der Waals surface area contributed by atoms with Gasteiger partial charge in [-0.3, -0.25) is 9.69 Å². The van der Waals surface area contributed by atoms with Gasteiger partial charge >= 0.3 is 6.09 Å². The van der Waals surface area contributed by atoms with Crippen molar-refractivity contribution < 1.29 is 14.3 Å². The first-order valence-corrected chi connectivity index (χ1v) is 11.9. The van der Waals surface area contributed by atoms with Crippen LogP contribution in [0.4, 0.5) is 4.79 Å². The molecule has 2 fully saturated rings. The molecule has 5 rings (SSSR count). The van der Waals surface area contributed by atoms with Crippen LogP contribution in [0.25, 0.3) is 0 Å². The topological polar surface area (TPSA) is 49.9 Å². The monoisotopic (exact) mass is 446 g/mol. The van der Waals surface area contributed by atoms with Gasteiger partial charge in [0.05, 0.1) is 12.0 Å². The van der Waals surface area contributed by atoms with E-state index in [2.05, 4.69) is 28.5 Å². The first kappa shape index (κ1) is 20.9. The molecular formula is C26H26N2O3S. The molecule has 0 radical (unpaired) electrons. The SMILES string of the molecule is O=C1OC[C@@H](Cc2ccccc2)N1C(=O)[C@@H]1CN(Cc2ccccc2)C[C@H]1c1cccs1. The van der Waals surface area contributed by atoms with Crippen molar-refractivity contribution in [3.8, 4) is 0 Å². The standard InChI is InChI=1S/C26H26N2O3S/c29-25(28-21(18-31-26(28)30)14-19-8-3-1-4-9-19)23-17-27(15-20-10-5-2-6-11-20)16-22(23)24-12-7-13-32-24/h1-13,21-23H,14-18H2/t21-,22-,23-/m1/s1. The number of hydrogen-bond acceptors (Lipinski definition) is 5. The molecule has 2 aliphatic rings. The molecular weight excluding hydrogens is 420 g/mol. The van der Waals surface area contributed by atoms with Gasteiger partial charge in [0.2, 0.25) is 5.91 Å². The van der Waals surface area contributed by atoms with Crippen LogP contribution in [0.1, 0.15) is 21.9 Å². The minimum Gasteiger partial charge on any atom is -0.447 e. The first-order chi connectivity index (χ1) is 15.7. The Labute approximate surface area is 192 Å². The van der Waals surface area contributed by atoms with Gasteiger partial charge in [0.25, 0.3) is 0 Å². The van der Waals surface area contributed by atoms with Crippen molar-refractivity contribution in [2.45, 2.75) is 24.9 Å². The highest BCUT2D eigenvalue weighted by Crippen LogP contribution is 2.38. The van der Waals surface area contributed by atoms with E-state index in [4.69, 9.17) is 4.74 Å². The van der Waals surface area contributed by atoms with Crippen molar-refractivity contribution in [3.63, 3.8) is 0 Å². The third-order valence-electron chi connectivity index (χ3n) is 6.38. The zero-order valence-electron chi connectivity index (χ0n) is 17.8. The number of nitrogens with zero attached hydrogens (tertiary/aromatic N) is 2. The number of carbonyl (C=O) groups is 2. The van der Waals surface area contributed by atoms with Gasteiger partial charge in [0, 0.05) is 30.4 Å². The molecule has 2 aliphatic heterocycles. The fourth-order valence-corrected chi connectivity index (χ4v) is 5.73. The van der Waals surface area contributed by atoms with E-state index in [1.807, 2.05) is 54.6 Å². The van der Waals surface area contributed by atoms with Crippen LogP contribution in [0, 0.1) is 5.92 Å². The van der Waals surface area contributed by atoms with Gasteiger partial charge in [0.1, 0.15) is 6.61 Å². The summed E-state index contributed by atoms with van der Waals surface area (Å²) in [7, 11) is 0. The Balaban J connectivity index is 1.37. The minimum atomic E-state index is -0.512. The number of thiophene rings is 1. The maximum absolute atomic E-state index is 13.8. The summed E-state index contributed by atoms with van der Waals surface area (Å²) in [4.78, 5) is 31.3. The largest absolute Gasteiger partial charge is 0.447 e.